The molecule has 108 valence electrons. The van der Waals surface area contributed by atoms with Crippen LogP contribution in [0.1, 0.15) is 5.89 Å². The highest BCUT2D eigenvalue weighted by atomic mass is 32.2. The number of hydrogen-bond donors (Lipinski definition) is 1. The van der Waals surface area contributed by atoms with Gasteiger partial charge in [0.2, 0.25) is 11.0 Å². The number of rotatable bonds is 6. The molecule has 1 aromatic carbocycles. The van der Waals surface area contributed by atoms with Gasteiger partial charge in [-0.3, -0.25) is 0 Å². The van der Waals surface area contributed by atoms with E-state index in [1.807, 2.05) is 30.3 Å². The van der Waals surface area contributed by atoms with Crippen molar-refractivity contribution >= 4 is 11.8 Å². The number of nitrogens with zero attached hydrogens (tertiary/aromatic N) is 5. The van der Waals surface area contributed by atoms with Gasteiger partial charge in [-0.05, 0) is 10.4 Å². The summed E-state index contributed by atoms with van der Waals surface area (Å²) in [5.41, 5.74) is 6.52. The molecule has 2 heterocycles. The van der Waals surface area contributed by atoms with Gasteiger partial charge in [0.05, 0.1) is 18.5 Å². The second kappa shape index (κ2) is 6.51. The van der Waals surface area contributed by atoms with Crippen LogP contribution < -0.4 is 5.73 Å². The quantitative estimate of drug-likeness (QED) is 0.690. The van der Waals surface area contributed by atoms with Crippen molar-refractivity contribution in [2.75, 3.05) is 6.54 Å². The van der Waals surface area contributed by atoms with Gasteiger partial charge in [0.25, 0.3) is 0 Å². The predicted molar refractivity (Wildman–Crippen MR) is 78.4 cm³/mol. The number of oxazole rings is 1. The maximum atomic E-state index is 5.73. The van der Waals surface area contributed by atoms with Crippen LogP contribution in [-0.4, -0.2) is 31.7 Å². The van der Waals surface area contributed by atoms with E-state index in [0.29, 0.717) is 29.9 Å². The fraction of sp³-hybridized carbons (Fsp3) is 0.231. The minimum Gasteiger partial charge on any atom is -0.440 e. The maximum absolute atomic E-state index is 5.73. The Morgan fingerprint density at radius 1 is 1.24 bits per heavy atom. The fourth-order valence-corrected chi connectivity index (χ4v) is 2.56. The lowest BCUT2D eigenvalue weighted by Crippen LogP contribution is -2.12. The molecule has 21 heavy (non-hydrogen) atoms. The van der Waals surface area contributed by atoms with Crippen LogP contribution in [0.2, 0.25) is 0 Å². The average Bonchev–Trinajstić information content (AvgIpc) is 3.16. The van der Waals surface area contributed by atoms with E-state index < -0.39 is 0 Å². The zero-order valence-electron chi connectivity index (χ0n) is 11.2. The van der Waals surface area contributed by atoms with Crippen LogP contribution in [0.25, 0.3) is 11.3 Å². The molecule has 0 aliphatic rings. The molecule has 0 unspecified atom stereocenters. The number of nitrogens with two attached hydrogens (primary N) is 1. The molecule has 3 aromatic rings. The van der Waals surface area contributed by atoms with Gasteiger partial charge in [-0.2, -0.15) is 0 Å². The molecule has 0 saturated carbocycles. The van der Waals surface area contributed by atoms with Crippen molar-refractivity contribution in [3.8, 4) is 11.3 Å². The third-order valence-electron chi connectivity index (χ3n) is 2.78. The summed E-state index contributed by atoms with van der Waals surface area (Å²) in [7, 11) is 0. The van der Waals surface area contributed by atoms with E-state index in [1.54, 1.807) is 10.9 Å². The molecule has 7 nitrogen and oxygen atoms in total. The lowest BCUT2D eigenvalue weighted by atomic mass is 10.2. The van der Waals surface area contributed by atoms with Gasteiger partial charge in [0, 0.05) is 12.1 Å². The molecule has 3 rings (SSSR count). The summed E-state index contributed by atoms with van der Waals surface area (Å²) in [5, 5.41) is 12.2. The highest BCUT2D eigenvalue weighted by Gasteiger charge is 2.10. The van der Waals surface area contributed by atoms with Crippen LogP contribution in [0.5, 0.6) is 0 Å². The third kappa shape index (κ3) is 3.29. The summed E-state index contributed by atoms with van der Waals surface area (Å²) in [5.74, 6) is 1.96. The molecular formula is C13H14N6OS. The van der Waals surface area contributed by atoms with E-state index in [9.17, 15) is 0 Å². The maximum Gasteiger partial charge on any atom is 0.209 e. The molecule has 0 saturated heterocycles. The molecule has 0 fully saturated rings. The van der Waals surface area contributed by atoms with Crippen molar-refractivity contribution < 1.29 is 4.42 Å². The third-order valence-corrected chi connectivity index (χ3v) is 3.72. The van der Waals surface area contributed by atoms with Crippen molar-refractivity contribution in [2.45, 2.75) is 17.5 Å². The Bertz CT molecular complexity index is 696. The molecule has 0 radical (unpaired) electrons. The van der Waals surface area contributed by atoms with Crippen LogP contribution in [-0.2, 0) is 12.3 Å². The smallest absolute Gasteiger partial charge is 0.209 e. The van der Waals surface area contributed by atoms with Crippen LogP contribution in [0.3, 0.4) is 0 Å². The molecule has 0 amide bonds. The van der Waals surface area contributed by atoms with Gasteiger partial charge >= 0.3 is 0 Å². The molecule has 0 bridgehead atoms. The van der Waals surface area contributed by atoms with E-state index >= 15 is 0 Å². The first-order chi connectivity index (χ1) is 10.4. The largest absolute Gasteiger partial charge is 0.440 e. The van der Waals surface area contributed by atoms with Crippen molar-refractivity contribution in [2.24, 2.45) is 5.73 Å². The standard InChI is InChI=1S/C13H14N6OS/c14-6-7-19-13(16-17-18-19)21-9-12-15-8-11(20-12)10-4-2-1-3-5-10/h1-5,8H,6-7,9,14H2. The fourth-order valence-electron chi connectivity index (χ4n) is 1.80. The lowest BCUT2D eigenvalue weighted by Gasteiger charge is -2.00. The minimum atomic E-state index is 0.496. The Labute approximate surface area is 125 Å². The van der Waals surface area contributed by atoms with E-state index in [1.165, 1.54) is 11.8 Å². The average molecular weight is 302 g/mol. The summed E-state index contributed by atoms with van der Waals surface area (Å²) in [6.07, 6.45) is 1.73. The Morgan fingerprint density at radius 3 is 2.90 bits per heavy atom. The van der Waals surface area contributed by atoms with Crippen LogP contribution >= 0.6 is 11.8 Å². The Kier molecular flexibility index (Phi) is 4.27. The normalized spacial score (nSPS) is 10.9. The SMILES string of the molecule is NCCn1nnnc1SCc1ncc(-c2ccccc2)o1. The highest BCUT2D eigenvalue weighted by molar-refractivity contribution is 7.98. The molecule has 0 spiro atoms. The first-order valence-electron chi connectivity index (χ1n) is 6.46. The van der Waals surface area contributed by atoms with Gasteiger partial charge in [0.1, 0.15) is 0 Å². The second-order valence-corrected chi connectivity index (χ2v) is 5.19. The molecule has 0 aliphatic heterocycles. The van der Waals surface area contributed by atoms with Crippen molar-refractivity contribution in [3.63, 3.8) is 0 Å². The first kappa shape index (κ1) is 13.8. The van der Waals surface area contributed by atoms with E-state index in [4.69, 9.17) is 10.2 Å². The summed E-state index contributed by atoms with van der Waals surface area (Å²) in [6.45, 7) is 1.09. The highest BCUT2D eigenvalue weighted by Crippen LogP contribution is 2.24. The number of aromatic nitrogens is 5. The Hall–Kier alpha value is -2.19. The molecule has 0 aliphatic carbocycles. The van der Waals surface area contributed by atoms with Crippen molar-refractivity contribution in [3.05, 3.63) is 42.4 Å². The van der Waals surface area contributed by atoms with Gasteiger partial charge in [-0.15, -0.1) is 5.10 Å². The van der Waals surface area contributed by atoms with Crippen LogP contribution in [0.15, 0.2) is 46.1 Å². The van der Waals surface area contributed by atoms with Gasteiger partial charge in [0.15, 0.2) is 5.76 Å². The topological polar surface area (TPSA) is 95.7 Å². The molecule has 8 heteroatoms. The number of thioether (sulfide) groups is 1. The summed E-state index contributed by atoms with van der Waals surface area (Å²) in [6, 6.07) is 9.87. The Morgan fingerprint density at radius 2 is 2.10 bits per heavy atom. The van der Waals surface area contributed by atoms with E-state index in [2.05, 4.69) is 20.5 Å². The lowest BCUT2D eigenvalue weighted by molar-refractivity contribution is 0.528. The van der Waals surface area contributed by atoms with Gasteiger partial charge < -0.3 is 10.2 Å². The summed E-state index contributed by atoms with van der Waals surface area (Å²) in [4.78, 5) is 4.28. The number of tetrazole rings is 1. The van der Waals surface area contributed by atoms with E-state index in [-0.39, 0.29) is 0 Å². The van der Waals surface area contributed by atoms with E-state index in [0.717, 1.165) is 11.3 Å². The summed E-state index contributed by atoms with van der Waals surface area (Å²) < 4.78 is 7.41. The molecule has 0 atom stereocenters. The Balaban J connectivity index is 1.66. The predicted octanol–water partition coefficient (Wildman–Crippen LogP) is 1.58. The van der Waals surface area contributed by atoms with Crippen LogP contribution in [0.4, 0.5) is 0 Å². The monoisotopic (exact) mass is 302 g/mol. The van der Waals surface area contributed by atoms with Crippen molar-refractivity contribution in [1.29, 1.82) is 0 Å². The molecular weight excluding hydrogens is 288 g/mol. The van der Waals surface area contributed by atoms with Crippen molar-refractivity contribution in [1.82, 2.24) is 25.2 Å². The zero-order valence-corrected chi connectivity index (χ0v) is 12.0. The number of benzene rings is 1. The summed E-state index contributed by atoms with van der Waals surface area (Å²) >= 11 is 1.47. The number of hydrogen-bond acceptors (Lipinski definition) is 7. The first-order valence-corrected chi connectivity index (χ1v) is 7.44. The van der Waals surface area contributed by atoms with Gasteiger partial charge in [-0.1, -0.05) is 42.1 Å². The van der Waals surface area contributed by atoms with Crippen LogP contribution in [0, 0.1) is 0 Å². The van der Waals surface area contributed by atoms with Gasteiger partial charge in [-0.25, -0.2) is 9.67 Å². The molecule has 2 N–H and O–H groups in total. The minimum absolute atomic E-state index is 0.496. The molecule has 2 aromatic heterocycles. The second-order valence-electron chi connectivity index (χ2n) is 4.25. The zero-order chi connectivity index (χ0) is 14.5.